The molecule has 0 spiro atoms. The Bertz CT molecular complexity index is 1070. The molecule has 0 aromatic carbocycles. The molecular weight excluding hydrogens is 707 g/mol. The minimum atomic E-state index is -0.808. The standard InChI is InChI=1S/C51H89NO5/c1-4-7-10-13-16-19-22-25-28-31-34-37-40-43-49(54)48(46-53)52-50(55)45-47(42-39-36-33-30-27-24-21-18-15-12-9-6-3)57-51(56)44-41-38-35-32-29-26-23-20-17-14-11-8-5-2/h8,11,14,17,20,23,26,29-30,32-33,35,47-49,53-54H,4-7,9-10,12-13,15-16,18-19,21-22,24-25,27-28,31,34,36-46H2,1-3H3,(H,52,55)/b11-8+,17-14+,23-20-,29-26-,33-30-,35-32+. The van der Waals surface area contributed by atoms with E-state index in [9.17, 15) is 19.8 Å². The maximum atomic E-state index is 13.1. The molecule has 3 N–H and O–H groups in total. The molecule has 0 aliphatic carbocycles. The fourth-order valence-electron chi connectivity index (χ4n) is 6.81. The van der Waals surface area contributed by atoms with Crippen molar-refractivity contribution in [3.05, 3.63) is 72.9 Å². The van der Waals surface area contributed by atoms with Gasteiger partial charge in [0.25, 0.3) is 0 Å². The minimum Gasteiger partial charge on any atom is -0.462 e. The molecular formula is C51H89NO5. The van der Waals surface area contributed by atoms with Gasteiger partial charge in [-0.3, -0.25) is 9.59 Å². The van der Waals surface area contributed by atoms with Crippen molar-refractivity contribution >= 4 is 11.9 Å². The molecule has 6 nitrogen and oxygen atoms in total. The number of aliphatic hydroxyl groups excluding tert-OH is 2. The number of amides is 1. The van der Waals surface area contributed by atoms with Crippen LogP contribution in [0.3, 0.4) is 0 Å². The Hall–Kier alpha value is -2.70. The van der Waals surface area contributed by atoms with E-state index >= 15 is 0 Å². The quantitative estimate of drug-likeness (QED) is 0.0248. The molecule has 0 aliphatic rings. The van der Waals surface area contributed by atoms with E-state index in [1.165, 1.54) is 109 Å². The summed E-state index contributed by atoms with van der Waals surface area (Å²) in [5.74, 6) is -0.596. The summed E-state index contributed by atoms with van der Waals surface area (Å²) in [5, 5.41) is 23.7. The van der Waals surface area contributed by atoms with Crippen LogP contribution in [0.5, 0.6) is 0 Å². The van der Waals surface area contributed by atoms with Crippen molar-refractivity contribution in [2.75, 3.05) is 6.61 Å². The van der Waals surface area contributed by atoms with Crippen LogP contribution in [0.2, 0.25) is 0 Å². The van der Waals surface area contributed by atoms with Gasteiger partial charge in [-0.25, -0.2) is 0 Å². The summed E-state index contributed by atoms with van der Waals surface area (Å²) in [6.45, 7) is 6.29. The molecule has 0 aromatic heterocycles. The lowest BCUT2D eigenvalue weighted by molar-refractivity contribution is -0.151. The Morgan fingerprint density at radius 1 is 0.526 bits per heavy atom. The Morgan fingerprint density at radius 2 is 0.982 bits per heavy atom. The number of unbranched alkanes of at least 4 members (excludes halogenated alkanes) is 21. The van der Waals surface area contributed by atoms with E-state index < -0.39 is 18.2 Å². The summed E-state index contributed by atoms with van der Waals surface area (Å²) in [4.78, 5) is 26.0. The largest absolute Gasteiger partial charge is 0.462 e. The number of carbonyl (C=O) groups is 2. The lowest BCUT2D eigenvalue weighted by Gasteiger charge is -2.24. The maximum absolute atomic E-state index is 13.1. The highest BCUT2D eigenvalue weighted by Gasteiger charge is 2.23. The first-order chi connectivity index (χ1) is 28.0. The third kappa shape index (κ3) is 39.9. The Balaban J connectivity index is 4.72. The molecule has 6 heteroatoms. The molecule has 0 heterocycles. The van der Waals surface area contributed by atoms with Gasteiger partial charge >= 0.3 is 5.97 Å². The molecule has 3 atom stereocenters. The molecule has 0 bridgehead atoms. The van der Waals surface area contributed by atoms with Gasteiger partial charge in [-0.2, -0.15) is 0 Å². The first-order valence-electron chi connectivity index (χ1n) is 23.7. The Kier molecular flexibility index (Phi) is 42.3. The van der Waals surface area contributed by atoms with Crippen molar-refractivity contribution in [2.24, 2.45) is 0 Å². The van der Waals surface area contributed by atoms with Crippen molar-refractivity contribution in [2.45, 2.75) is 232 Å². The lowest BCUT2D eigenvalue weighted by Crippen LogP contribution is -2.46. The molecule has 57 heavy (non-hydrogen) atoms. The summed E-state index contributed by atoms with van der Waals surface area (Å²) >= 11 is 0. The van der Waals surface area contributed by atoms with E-state index in [1.54, 1.807) is 0 Å². The van der Waals surface area contributed by atoms with Crippen LogP contribution < -0.4 is 5.32 Å². The van der Waals surface area contributed by atoms with Crippen molar-refractivity contribution < 1.29 is 24.5 Å². The average Bonchev–Trinajstić information content (AvgIpc) is 3.20. The van der Waals surface area contributed by atoms with Crippen LogP contribution in [0.15, 0.2) is 72.9 Å². The van der Waals surface area contributed by atoms with Gasteiger partial charge in [-0.1, -0.05) is 216 Å². The minimum absolute atomic E-state index is 0.0255. The summed E-state index contributed by atoms with van der Waals surface area (Å²) in [7, 11) is 0. The highest BCUT2D eigenvalue weighted by Crippen LogP contribution is 2.16. The summed E-state index contributed by atoms with van der Waals surface area (Å²) < 4.78 is 5.85. The molecule has 328 valence electrons. The van der Waals surface area contributed by atoms with E-state index in [-0.39, 0.29) is 31.3 Å². The van der Waals surface area contributed by atoms with Crippen molar-refractivity contribution in [3.8, 4) is 0 Å². The number of ether oxygens (including phenoxy) is 1. The van der Waals surface area contributed by atoms with Crippen molar-refractivity contribution in [3.63, 3.8) is 0 Å². The summed E-state index contributed by atoms with van der Waals surface area (Å²) in [6.07, 6.45) is 55.4. The molecule has 0 saturated carbocycles. The van der Waals surface area contributed by atoms with E-state index in [1.807, 2.05) is 54.7 Å². The fourth-order valence-corrected chi connectivity index (χ4v) is 6.81. The van der Waals surface area contributed by atoms with E-state index in [0.29, 0.717) is 19.3 Å². The van der Waals surface area contributed by atoms with Crippen LogP contribution in [-0.4, -0.2) is 46.9 Å². The van der Waals surface area contributed by atoms with Gasteiger partial charge in [0.2, 0.25) is 5.91 Å². The lowest BCUT2D eigenvalue weighted by atomic mass is 10.0. The predicted molar refractivity (Wildman–Crippen MR) is 245 cm³/mol. The maximum Gasteiger partial charge on any atom is 0.306 e. The Labute approximate surface area is 351 Å². The highest BCUT2D eigenvalue weighted by molar-refractivity contribution is 5.77. The number of hydrogen-bond acceptors (Lipinski definition) is 5. The van der Waals surface area contributed by atoms with E-state index in [0.717, 1.165) is 51.4 Å². The van der Waals surface area contributed by atoms with Gasteiger partial charge in [0.1, 0.15) is 6.10 Å². The van der Waals surface area contributed by atoms with Gasteiger partial charge in [-0.05, 0) is 57.8 Å². The zero-order valence-corrected chi connectivity index (χ0v) is 37.2. The van der Waals surface area contributed by atoms with Gasteiger partial charge < -0.3 is 20.3 Å². The highest BCUT2D eigenvalue weighted by atomic mass is 16.5. The van der Waals surface area contributed by atoms with Crippen molar-refractivity contribution in [1.29, 1.82) is 0 Å². The number of nitrogens with one attached hydrogen (secondary N) is 1. The van der Waals surface area contributed by atoms with Crippen LogP contribution in [0.1, 0.15) is 213 Å². The zero-order chi connectivity index (χ0) is 41.7. The van der Waals surface area contributed by atoms with Crippen LogP contribution in [-0.2, 0) is 14.3 Å². The number of hydrogen-bond donors (Lipinski definition) is 3. The van der Waals surface area contributed by atoms with E-state index in [4.69, 9.17) is 4.74 Å². The summed E-state index contributed by atoms with van der Waals surface area (Å²) in [6, 6.07) is -0.725. The van der Waals surface area contributed by atoms with Crippen LogP contribution >= 0.6 is 0 Å². The number of esters is 1. The van der Waals surface area contributed by atoms with Gasteiger partial charge in [-0.15, -0.1) is 0 Å². The van der Waals surface area contributed by atoms with Gasteiger partial charge in [0.05, 0.1) is 25.2 Å². The third-order valence-corrected chi connectivity index (χ3v) is 10.4. The fraction of sp³-hybridized carbons (Fsp3) is 0.725. The number of allylic oxidation sites excluding steroid dienone is 12. The first kappa shape index (κ1) is 54.3. The molecule has 0 saturated heterocycles. The molecule has 1 amide bonds. The molecule has 0 radical (unpaired) electrons. The Morgan fingerprint density at radius 3 is 1.51 bits per heavy atom. The topological polar surface area (TPSA) is 95.9 Å². The molecule has 3 unspecified atom stereocenters. The second-order valence-electron chi connectivity index (χ2n) is 15.9. The van der Waals surface area contributed by atoms with Gasteiger partial charge in [0.15, 0.2) is 0 Å². The molecule has 0 rings (SSSR count). The van der Waals surface area contributed by atoms with Crippen LogP contribution in [0, 0.1) is 0 Å². The summed E-state index contributed by atoms with van der Waals surface area (Å²) in [5.41, 5.74) is 0. The zero-order valence-electron chi connectivity index (χ0n) is 37.2. The third-order valence-electron chi connectivity index (χ3n) is 10.4. The number of carbonyl (C=O) groups excluding carboxylic acids is 2. The second-order valence-corrected chi connectivity index (χ2v) is 15.9. The van der Waals surface area contributed by atoms with Crippen LogP contribution in [0.25, 0.3) is 0 Å². The van der Waals surface area contributed by atoms with Gasteiger partial charge in [0, 0.05) is 6.42 Å². The van der Waals surface area contributed by atoms with E-state index in [2.05, 4.69) is 44.3 Å². The molecule has 0 aromatic rings. The van der Waals surface area contributed by atoms with Crippen molar-refractivity contribution in [1.82, 2.24) is 5.32 Å². The smallest absolute Gasteiger partial charge is 0.306 e. The molecule has 0 fully saturated rings. The SMILES string of the molecule is CC/C=C/C=C/C=C\C=C/C=C/CCCC(=O)OC(CCC/C=C\CCCCCCCCC)CC(=O)NC(CO)C(O)CCCCCCCCCCCCCCC. The van der Waals surface area contributed by atoms with Crippen LogP contribution in [0.4, 0.5) is 0 Å². The second kappa shape index (κ2) is 44.4. The number of aliphatic hydroxyl groups is 2. The molecule has 0 aliphatic heterocycles. The normalized spacial score (nSPS) is 14.0. The monoisotopic (exact) mass is 796 g/mol. The average molecular weight is 796 g/mol. The first-order valence-corrected chi connectivity index (χ1v) is 23.7. The predicted octanol–water partition coefficient (Wildman–Crippen LogP) is 13.8. The number of rotatable bonds is 41.